The van der Waals surface area contributed by atoms with Gasteiger partial charge in [0.25, 0.3) is 0 Å². The number of ether oxygens (including phenoxy) is 3. The van der Waals surface area contributed by atoms with Gasteiger partial charge in [0.05, 0.1) is 18.2 Å². The van der Waals surface area contributed by atoms with Crippen molar-refractivity contribution in [3.63, 3.8) is 0 Å². The molecule has 3 aromatic rings. The normalized spacial score (nSPS) is 15.8. The van der Waals surface area contributed by atoms with Crippen LogP contribution in [0.2, 0.25) is 0 Å². The Labute approximate surface area is 167 Å². The Morgan fingerprint density at radius 3 is 2.79 bits per heavy atom. The lowest BCUT2D eigenvalue weighted by atomic mass is 10.00. The molecule has 1 aliphatic carbocycles. The van der Waals surface area contributed by atoms with Gasteiger partial charge in [-0.05, 0) is 37.1 Å². The highest BCUT2D eigenvalue weighted by atomic mass is 16.7. The molecule has 0 spiro atoms. The summed E-state index contributed by atoms with van der Waals surface area (Å²) >= 11 is 0. The van der Waals surface area contributed by atoms with Crippen molar-refractivity contribution in [3.05, 3.63) is 59.8 Å². The van der Waals surface area contributed by atoms with Crippen LogP contribution in [0.4, 0.5) is 0 Å². The van der Waals surface area contributed by atoms with Crippen LogP contribution in [-0.2, 0) is 16.8 Å². The van der Waals surface area contributed by atoms with Crippen molar-refractivity contribution in [3.8, 4) is 28.6 Å². The van der Waals surface area contributed by atoms with Gasteiger partial charge in [-0.1, -0.05) is 23.4 Å². The first-order chi connectivity index (χ1) is 14.2. The van der Waals surface area contributed by atoms with E-state index in [1.807, 2.05) is 48.5 Å². The van der Waals surface area contributed by atoms with Gasteiger partial charge in [-0.2, -0.15) is 0 Å². The van der Waals surface area contributed by atoms with E-state index in [0.717, 1.165) is 29.7 Å². The quantitative estimate of drug-likeness (QED) is 0.692. The maximum absolute atomic E-state index is 12.9. The third-order valence-corrected chi connectivity index (χ3v) is 5.47. The number of carbonyl (C=O) groups excluding carboxylic acids is 1. The van der Waals surface area contributed by atoms with Gasteiger partial charge in [0, 0.05) is 23.7 Å². The maximum Gasteiger partial charge on any atom is 0.232 e. The molecule has 2 heterocycles. The van der Waals surface area contributed by atoms with Gasteiger partial charge in [0.1, 0.15) is 5.75 Å². The van der Waals surface area contributed by atoms with Crippen LogP contribution in [0.1, 0.15) is 24.1 Å². The molecule has 7 nitrogen and oxygen atoms in total. The van der Waals surface area contributed by atoms with E-state index < -0.39 is 5.41 Å². The molecule has 1 fully saturated rings. The molecule has 2 aromatic carbocycles. The second-order valence-electron chi connectivity index (χ2n) is 7.22. The molecule has 1 amide bonds. The lowest BCUT2D eigenvalue weighted by Gasteiger charge is -2.14. The first-order valence-corrected chi connectivity index (χ1v) is 9.47. The third kappa shape index (κ3) is 3.08. The van der Waals surface area contributed by atoms with Crippen LogP contribution in [-0.4, -0.2) is 25.0 Å². The number of para-hydroxylation sites is 1. The average Bonchev–Trinajstić information content (AvgIpc) is 3.19. The number of aromatic nitrogens is 1. The molecular weight excluding hydrogens is 372 g/mol. The zero-order valence-electron chi connectivity index (χ0n) is 15.9. The molecule has 0 radical (unpaired) electrons. The summed E-state index contributed by atoms with van der Waals surface area (Å²) in [5, 5.41) is 7.22. The van der Waals surface area contributed by atoms with Gasteiger partial charge in [-0.15, -0.1) is 0 Å². The number of methoxy groups -OCH3 is 1. The number of benzene rings is 2. The third-order valence-electron chi connectivity index (χ3n) is 5.47. The number of carbonyl (C=O) groups is 1. The Hall–Kier alpha value is -3.48. The van der Waals surface area contributed by atoms with Crippen molar-refractivity contribution in [2.24, 2.45) is 0 Å². The Kier molecular flexibility index (Phi) is 4.16. The lowest BCUT2D eigenvalue weighted by molar-refractivity contribution is -0.123. The molecule has 1 aliphatic heterocycles. The van der Waals surface area contributed by atoms with Crippen LogP contribution in [0.5, 0.6) is 17.2 Å². The van der Waals surface area contributed by atoms with E-state index in [4.69, 9.17) is 18.7 Å². The standard InChI is InChI=1S/C22H20N2O5/c1-26-16-5-3-2-4-15(16)12-23-21(25)22(8-9-22)20-11-18(29-24-20)14-6-7-17-19(10-14)28-13-27-17/h2-7,10-11H,8-9,12-13H2,1H3,(H,23,25). The predicted molar refractivity (Wildman–Crippen MR) is 104 cm³/mol. The highest BCUT2D eigenvalue weighted by molar-refractivity contribution is 5.91. The summed E-state index contributed by atoms with van der Waals surface area (Å²) in [6.45, 7) is 0.618. The van der Waals surface area contributed by atoms with Gasteiger partial charge >= 0.3 is 0 Å². The van der Waals surface area contributed by atoms with E-state index in [1.54, 1.807) is 7.11 Å². The summed E-state index contributed by atoms with van der Waals surface area (Å²) in [4.78, 5) is 12.9. The molecule has 2 aliphatic rings. The van der Waals surface area contributed by atoms with Crippen LogP contribution in [0, 0.1) is 0 Å². The van der Waals surface area contributed by atoms with E-state index >= 15 is 0 Å². The van der Waals surface area contributed by atoms with Gasteiger partial charge in [0.15, 0.2) is 17.3 Å². The van der Waals surface area contributed by atoms with Gasteiger partial charge in [-0.3, -0.25) is 4.79 Å². The highest BCUT2D eigenvalue weighted by Gasteiger charge is 2.53. The lowest BCUT2D eigenvalue weighted by Crippen LogP contribution is -2.34. The summed E-state index contributed by atoms with van der Waals surface area (Å²) in [5.41, 5.74) is 1.79. The van der Waals surface area contributed by atoms with Crippen molar-refractivity contribution in [2.75, 3.05) is 13.9 Å². The molecule has 7 heteroatoms. The van der Waals surface area contributed by atoms with E-state index in [2.05, 4.69) is 10.5 Å². The Morgan fingerprint density at radius 1 is 1.14 bits per heavy atom. The van der Waals surface area contributed by atoms with Crippen LogP contribution in [0.15, 0.2) is 53.1 Å². The molecule has 1 aromatic heterocycles. The maximum atomic E-state index is 12.9. The molecule has 1 N–H and O–H groups in total. The molecule has 0 atom stereocenters. The zero-order chi connectivity index (χ0) is 19.8. The topological polar surface area (TPSA) is 82.8 Å². The summed E-state index contributed by atoms with van der Waals surface area (Å²) in [6.07, 6.45) is 1.50. The Bertz CT molecular complexity index is 1070. The summed E-state index contributed by atoms with van der Waals surface area (Å²) < 4.78 is 21.6. The second kappa shape index (κ2) is 6.84. The number of nitrogens with one attached hydrogen (secondary N) is 1. The minimum Gasteiger partial charge on any atom is -0.496 e. The van der Waals surface area contributed by atoms with Crippen LogP contribution in [0.25, 0.3) is 11.3 Å². The minimum atomic E-state index is -0.625. The molecule has 5 rings (SSSR count). The summed E-state index contributed by atoms with van der Waals surface area (Å²) in [5.74, 6) is 2.69. The van der Waals surface area contributed by atoms with Gasteiger partial charge < -0.3 is 24.1 Å². The average molecular weight is 392 g/mol. The molecule has 0 saturated heterocycles. The number of amides is 1. The first kappa shape index (κ1) is 17.6. The molecule has 148 valence electrons. The van der Waals surface area contributed by atoms with E-state index in [-0.39, 0.29) is 12.7 Å². The fourth-order valence-corrected chi connectivity index (χ4v) is 3.60. The number of hydrogen-bond acceptors (Lipinski definition) is 6. The fraction of sp³-hybridized carbons (Fsp3) is 0.273. The van der Waals surface area contributed by atoms with Crippen LogP contribution >= 0.6 is 0 Å². The second-order valence-corrected chi connectivity index (χ2v) is 7.22. The molecular formula is C22H20N2O5. The number of rotatable bonds is 6. The predicted octanol–water partition coefficient (Wildman–Crippen LogP) is 3.43. The Morgan fingerprint density at radius 2 is 1.97 bits per heavy atom. The van der Waals surface area contributed by atoms with E-state index in [1.165, 1.54) is 0 Å². The largest absolute Gasteiger partial charge is 0.496 e. The van der Waals surface area contributed by atoms with Crippen molar-refractivity contribution in [1.82, 2.24) is 10.5 Å². The zero-order valence-corrected chi connectivity index (χ0v) is 15.9. The fourth-order valence-electron chi connectivity index (χ4n) is 3.60. The molecule has 0 unspecified atom stereocenters. The van der Waals surface area contributed by atoms with Gasteiger partial charge in [-0.25, -0.2) is 0 Å². The summed E-state index contributed by atoms with van der Waals surface area (Å²) in [7, 11) is 1.62. The monoisotopic (exact) mass is 392 g/mol. The highest BCUT2D eigenvalue weighted by Crippen LogP contribution is 2.49. The van der Waals surface area contributed by atoms with E-state index in [9.17, 15) is 4.79 Å². The van der Waals surface area contributed by atoms with Crippen molar-refractivity contribution < 1.29 is 23.5 Å². The minimum absolute atomic E-state index is 0.0473. The smallest absolute Gasteiger partial charge is 0.232 e. The SMILES string of the molecule is COc1ccccc1CNC(=O)C1(c2cc(-c3ccc4c(c3)OCO4)on2)CC1. The summed E-state index contributed by atoms with van der Waals surface area (Å²) in [6, 6.07) is 15.1. The number of hydrogen-bond donors (Lipinski definition) is 1. The number of fused-ring (bicyclic) bond motifs is 1. The molecule has 0 bridgehead atoms. The molecule has 29 heavy (non-hydrogen) atoms. The van der Waals surface area contributed by atoms with E-state index in [0.29, 0.717) is 29.5 Å². The Balaban J connectivity index is 1.32. The van der Waals surface area contributed by atoms with Crippen molar-refractivity contribution in [1.29, 1.82) is 0 Å². The number of nitrogens with zero attached hydrogens (tertiary/aromatic N) is 1. The van der Waals surface area contributed by atoms with Crippen molar-refractivity contribution >= 4 is 5.91 Å². The van der Waals surface area contributed by atoms with Crippen LogP contribution < -0.4 is 19.5 Å². The van der Waals surface area contributed by atoms with Gasteiger partial charge in [0.2, 0.25) is 12.7 Å². The van der Waals surface area contributed by atoms with Crippen LogP contribution in [0.3, 0.4) is 0 Å². The first-order valence-electron chi connectivity index (χ1n) is 9.47. The molecule has 1 saturated carbocycles. The van der Waals surface area contributed by atoms with Crippen molar-refractivity contribution in [2.45, 2.75) is 24.8 Å².